The standard InChI is InChI=1S/C32H44N4O6S2/c1-22(2)20-28(35-29(37)10-5-4-9-26-16-19-43-44(26)41)31(39)36-27(21-23-11-13-25(42-3)14-12-23)30(38)32(40)34-18-15-24-8-6-7-17-33-24/h6-8,11-14,17,22,26-28H,4-5,9-10,15-16,18-21H2,1-3H3,(H,34,40)(H,35,37)(H,36,39)/t26?,27-,28-,44?/m0/s1. The van der Waals surface area contributed by atoms with Gasteiger partial charge in [-0.15, -0.1) is 0 Å². The lowest BCUT2D eigenvalue weighted by molar-refractivity contribution is -0.140. The number of Topliss-reactive ketones (excluding diaryl/α,β-unsaturated/α-hetero) is 1. The van der Waals surface area contributed by atoms with Crippen molar-refractivity contribution in [3.63, 3.8) is 0 Å². The molecule has 0 radical (unpaired) electrons. The lowest BCUT2D eigenvalue weighted by Gasteiger charge is -2.24. The van der Waals surface area contributed by atoms with Crippen LogP contribution in [0, 0.1) is 5.92 Å². The molecule has 1 aromatic carbocycles. The van der Waals surface area contributed by atoms with E-state index in [0.29, 0.717) is 25.0 Å². The summed E-state index contributed by atoms with van der Waals surface area (Å²) in [7, 11) is 2.20. The monoisotopic (exact) mass is 644 g/mol. The molecule has 0 spiro atoms. The molecule has 0 saturated carbocycles. The van der Waals surface area contributed by atoms with E-state index in [4.69, 9.17) is 4.74 Å². The van der Waals surface area contributed by atoms with E-state index in [0.717, 1.165) is 36.3 Å². The second-order valence-electron chi connectivity index (χ2n) is 11.3. The first-order valence-electron chi connectivity index (χ1n) is 15.1. The Kier molecular flexibility index (Phi) is 14.8. The summed E-state index contributed by atoms with van der Waals surface area (Å²) in [6.45, 7) is 4.11. The Hall–Kier alpha value is -3.25. The Morgan fingerprint density at radius 3 is 2.45 bits per heavy atom. The van der Waals surface area contributed by atoms with Crippen LogP contribution in [0.3, 0.4) is 0 Å². The lowest BCUT2D eigenvalue weighted by atomic mass is 9.99. The minimum Gasteiger partial charge on any atom is -0.497 e. The van der Waals surface area contributed by atoms with Crippen LogP contribution < -0.4 is 20.7 Å². The van der Waals surface area contributed by atoms with Crippen LogP contribution in [0.2, 0.25) is 0 Å². The number of hydrogen-bond donors (Lipinski definition) is 3. The van der Waals surface area contributed by atoms with Crippen LogP contribution in [0.25, 0.3) is 0 Å². The molecule has 44 heavy (non-hydrogen) atoms. The van der Waals surface area contributed by atoms with Gasteiger partial charge in [0.05, 0.1) is 16.9 Å². The molecule has 1 aliphatic heterocycles. The molecule has 1 aliphatic rings. The lowest BCUT2D eigenvalue weighted by Crippen LogP contribution is -2.55. The van der Waals surface area contributed by atoms with E-state index < -0.39 is 39.5 Å². The molecular formula is C32H44N4O6S2. The molecule has 12 heteroatoms. The first kappa shape index (κ1) is 35.2. The maximum Gasteiger partial charge on any atom is 0.289 e. The fourth-order valence-corrected chi connectivity index (χ4v) is 8.39. The molecule has 240 valence electrons. The molecule has 2 aromatic rings. The molecule has 0 aliphatic carbocycles. The highest BCUT2D eigenvalue weighted by atomic mass is 33.1. The number of methoxy groups -OCH3 is 1. The van der Waals surface area contributed by atoms with Gasteiger partial charge in [-0.25, -0.2) is 4.21 Å². The zero-order chi connectivity index (χ0) is 31.9. The molecule has 3 amide bonds. The van der Waals surface area contributed by atoms with Gasteiger partial charge in [-0.3, -0.25) is 24.2 Å². The summed E-state index contributed by atoms with van der Waals surface area (Å²) in [5.41, 5.74) is 1.51. The number of aromatic nitrogens is 1. The fourth-order valence-electron chi connectivity index (χ4n) is 4.90. The SMILES string of the molecule is COc1ccc(C[C@H](NC(=O)[C@H](CC(C)C)NC(=O)CCCCC2CCSS2=O)C(=O)C(=O)NCCc2ccccn2)cc1. The number of rotatable bonds is 18. The molecule has 2 unspecified atom stereocenters. The Morgan fingerprint density at radius 1 is 1.05 bits per heavy atom. The number of pyridine rings is 1. The van der Waals surface area contributed by atoms with Gasteiger partial charge in [-0.1, -0.05) is 49.3 Å². The zero-order valence-corrected chi connectivity index (χ0v) is 27.3. The van der Waals surface area contributed by atoms with Crippen molar-refractivity contribution in [2.24, 2.45) is 5.92 Å². The zero-order valence-electron chi connectivity index (χ0n) is 25.7. The quantitative estimate of drug-likeness (QED) is 0.127. The molecule has 4 atom stereocenters. The van der Waals surface area contributed by atoms with Gasteiger partial charge in [-0.05, 0) is 61.4 Å². The number of benzene rings is 1. The summed E-state index contributed by atoms with van der Waals surface area (Å²) in [5, 5.41) is 8.43. The Bertz CT molecular complexity index is 1260. The van der Waals surface area contributed by atoms with E-state index in [1.54, 1.807) is 43.6 Å². The highest BCUT2D eigenvalue weighted by Gasteiger charge is 2.31. The van der Waals surface area contributed by atoms with Crippen LogP contribution in [-0.4, -0.2) is 69.4 Å². The van der Waals surface area contributed by atoms with Gasteiger partial charge < -0.3 is 20.7 Å². The third-order valence-electron chi connectivity index (χ3n) is 7.30. The number of hydrogen-bond acceptors (Lipinski definition) is 8. The third-order valence-corrected chi connectivity index (χ3v) is 11.0. The number of ketones is 1. The molecule has 0 bridgehead atoms. The van der Waals surface area contributed by atoms with E-state index in [9.17, 15) is 23.4 Å². The number of ether oxygens (including phenoxy) is 1. The second-order valence-corrected chi connectivity index (χ2v) is 14.8. The maximum atomic E-state index is 13.5. The van der Waals surface area contributed by atoms with E-state index in [1.807, 2.05) is 26.0 Å². The predicted molar refractivity (Wildman–Crippen MR) is 173 cm³/mol. The first-order valence-corrected chi connectivity index (χ1v) is 17.9. The second kappa shape index (κ2) is 18.5. The average Bonchev–Trinajstić information content (AvgIpc) is 3.43. The Balaban J connectivity index is 1.62. The fraction of sp³-hybridized carbons (Fsp3) is 0.531. The smallest absolute Gasteiger partial charge is 0.289 e. The average molecular weight is 645 g/mol. The topological polar surface area (TPSA) is 144 Å². The number of carbonyl (C=O) groups is 4. The summed E-state index contributed by atoms with van der Waals surface area (Å²) in [6.07, 6.45) is 6.02. The molecule has 1 saturated heterocycles. The first-order chi connectivity index (χ1) is 21.2. The number of amides is 3. The van der Waals surface area contributed by atoms with Gasteiger partial charge in [0.1, 0.15) is 17.8 Å². The summed E-state index contributed by atoms with van der Waals surface area (Å²) >= 11 is 0. The predicted octanol–water partition coefficient (Wildman–Crippen LogP) is 3.31. The molecule has 1 aromatic heterocycles. The minimum atomic E-state index is -1.14. The summed E-state index contributed by atoms with van der Waals surface area (Å²) in [5.74, 6) is -0.692. The molecule has 3 rings (SSSR count). The number of carbonyl (C=O) groups excluding carboxylic acids is 4. The van der Waals surface area contributed by atoms with Gasteiger partial charge in [-0.2, -0.15) is 0 Å². The molecule has 2 heterocycles. The van der Waals surface area contributed by atoms with Crippen molar-refractivity contribution >= 4 is 44.1 Å². The van der Waals surface area contributed by atoms with E-state index in [2.05, 4.69) is 20.9 Å². The van der Waals surface area contributed by atoms with Crippen molar-refractivity contribution in [1.29, 1.82) is 0 Å². The van der Waals surface area contributed by atoms with Crippen molar-refractivity contribution in [3.8, 4) is 5.75 Å². The third kappa shape index (κ3) is 12.0. The summed E-state index contributed by atoms with van der Waals surface area (Å²) in [4.78, 5) is 56.8. The van der Waals surface area contributed by atoms with Crippen molar-refractivity contribution in [3.05, 3.63) is 59.9 Å². The largest absolute Gasteiger partial charge is 0.497 e. The van der Waals surface area contributed by atoms with Crippen LogP contribution >= 0.6 is 10.8 Å². The van der Waals surface area contributed by atoms with E-state index in [1.165, 1.54) is 10.8 Å². The van der Waals surface area contributed by atoms with Crippen LogP contribution in [0.4, 0.5) is 0 Å². The van der Waals surface area contributed by atoms with Crippen LogP contribution in [0.1, 0.15) is 63.6 Å². The van der Waals surface area contributed by atoms with Crippen LogP contribution in [-0.2, 0) is 41.9 Å². The van der Waals surface area contributed by atoms with Crippen molar-refractivity contribution in [2.75, 3.05) is 19.4 Å². The van der Waals surface area contributed by atoms with Crippen LogP contribution in [0.15, 0.2) is 48.7 Å². The maximum absolute atomic E-state index is 13.5. The van der Waals surface area contributed by atoms with Gasteiger partial charge in [0.25, 0.3) is 5.91 Å². The van der Waals surface area contributed by atoms with Gasteiger partial charge in [0.15, 0.2) is 0 Å². The number of unbranched alkanes of at least 4 members (excludes halogenated alkanes) is 1. The number of nitrogens with one attached hydrogen (secondary N) is 3. The van der Waals surface area contributed by atoms with Gasteiger partial charge in [0.2, 0.25) is 17.6 Å². The van der Waals surface area contributed by atoms with Crippen LogP contribution in [0.5, 0.6) is 5.75 Å². The minimum absolute atomic E-state index is 0.0887. The number of nitrogens with zero attached hydrogens (tertiary/aromatic N) is 1. The molecule has 3 N–H and O–H groups in total. The van der Waals surface area contributed by atoms with E-state index in [-0.39, 0.29) is 36.5 Å². The Morgan fingerprint density at radius 2 is 1.82 bits per heavy atom. The van der Waals surface area contributed by atoms with Gasteiger partial charge >= 0.3 is 0 Å². The normalized spacial score (nSPS) is 17.5. The Labute approximate surface area is 266 Å². The van der Waals surface area contributed by atoms with Crippen molar-refractivity contribution in [1.82, 2.24) is 20.9 Å². The van der Waals surface area contributed by atoms with E-state index >= 15 is 0 Å². The van der Waals surface area contributed by atoms with Crippen molar-refractivity contribution < 1.29 is 28.1 Å². The summed E-state index contributed by atoms with van der Waals surface area (Å²) in [6, 6.07) is 10.5. The highest BCUT2D eigenvalue weighted by molar-refractivity contribution is 8.69. The molecular weight excluding hydrogens is 601 g/mol. The van der Waals surface area contributed by atoms with Crippen molar-refractivity contribution in [2.45, 2.75) is 82.5 Å². The molecule has 1 fully saturated rings. The van der Waals surface area contributed by atoms with Gasteiger partial charge in [0, 0.05) is 48.7 Å². The summed E-state index contributed by atoms with van der Waals surface area (Å²) < 4.78 is 17.2. The highest BCUT2D eigenvalue weighted by Crippen LogP contribution is 2.29. The molecule has 10 nitrogen and oxygen atoms in total.